The van der Waals surface area contributed by atoms with E-state index in [1.165, 1.54) is 7.05 Å². The summed E-state index contributed by atoms with van der Waals surface area (Å²) in [5, 5.41) is 0.503. The van der Waals surface area contributed by atoms with E-state index in [0.29, 0.717) is 22.5 Å². The van der Waals surface area contributed by atoms with Crippen molar-refractivity contribution in [2.45, 2.75) is 10.9 Å². The third-order valence-corrected chi connectivity index (χ3v) is 6.29. The summed E-state index contributed by atoms with van der Waals surface area (Å²) in [6.07, 6.45) is 3.24. The third-order valence-electron chi connectivity index (χ3n) is 4.22. The lowest BCUT2D eigenvalue weighted by molar-refractivity contribution is 0.398. The standard InChI is InChI=1S/C18H16ClF2N3O2S/c1-23-10-9-22-18(23)17(12-3-5-13(19)6-4-12)24(2)27(25,26)14-7-8-15(20)16(21)11-14/h3-11,17H,1-2H3. The van der Waals surface area contributed by atoms with Crippen molar-refractivity contribution in [3.05, 3.63) is 82.9 Å². The van der Waals surface area contributed by atoms with Crippen LogP contribution in [0.25, 0.3) is 0 Å². The van der Waals surface area contributed by atoms with Gasteiger partial charge in [-0.3, -0.25) is 0 Å². The number of rotatable bonds is 5. The molecule has 1 heterocycles. The van der Waals surface area contributed by atoms with Crippen LogP contribution in [-0.2, 0) is 17.1 Å². The van der Waals surface area contributed by atoms with Crippen molar-refractivity contribution in [3.8, 4) is 0 Å². The molecule has 0 saturated carbocycles. The first kappa shape index (κ1) is 19.5. The first-order valence-electron chi connectivity index (χ1n) is 7.87. The lowest BCUT2D eigenvalue weighted by Gasteiger charge is -2.27. The maximum atomic E-state index is 13.6. The van der Waals surface area contributed by atoms with E-state index in [2.05, 4.69) is 4.98 Å². The Morgan fingerprint density at radius 3 is 2.33 bits per heavy atom. The molecule has 0 fully saturated rings. The number of hydrogen-bond donors (Lipinski definition) is 0. The molecule has 0 spiro atoms. The highest BCUT2D eigenvalue weighted by atomic mass is 35.5. The second-order valence-electron chi connectivity index (χ2n) is 5.95. The lowest BCUT2D eigenvalue weighted by Crippen LogP contribution is -2.33. The Kier molecular flexibility index (Phi) is 5.32. The van der Waals surface area contributed by atoms with Crippen LogP contribution in [0.3, 0.4) is 0 Å². The van der Waals surface area contributed by atoms with E-state index in [1.807, 2.05) is 0 Å². The van der Waals surface area contributed by atoms with E-state index in [0.717, 1.165) is 16.4 Å². The average Bonchev–Trinajstić information content (AvgIpc) is 3.04. The van der Waals surface area contributed by atoms with Crippen molar-refractivity contribution in [2.75, 3.05) is 7.05 Å². The van der Waals surface area contributed by atoms with Crippen LogP contribution in [-0.4, -0.2) is 29.3 Å². The molecular weight excluding hydrogens is 396 g/mol. The molecule has 9 heteroatoms. The van der Waals surface area contributed by atoms with Crippen molar-refractivity contribution in [1.82, 2.24) is 13.9 Å². The minimum absolute atomic E-state index is 0.350. The fourth-order valence-electron chi connectivity index (χ4n) is 2.75. The molecule has 5 nitrogen and oxygen atoms in total. The SMILES string of the molecule is CN(C(c1ccc(Cl)cc1)c1nccn1C)S(=O)(=O)c1ccc(F)c(F)c1. The zero-order valence-electron chi connectivity index (χ0n) is 14.5. The molecule has 0 N–H and O–H groups in total. The van der Waals surface area contributed by atoms with Gasteiger partial charge in [-0.25, -0.2) is 22.2 Å². The van der Waals surface area contributed by atoms with E-state index < -0.39 is 27.7 Å². The maximum absolute atomic E-state index is 13.6. The van der Waals surface area contributed by atoms with Crippen LogP contribution < -0.4 is 0 Å². The van der Waals surface area contributed by atoms with E-state index >= 15 is 0 Å². The molecule has 1 atom stereocenters. The van der Waals surface area contributed by atoms with Gasteiger partial charge in [-0.05, 0) is 35.9 Å². The van der Waals surface area contributed by atoms with Crippen LogP contribution in [0.5, 0.6) is 0 Å². The van der Waals surface area contributed by atoms with E-state index in [9.17, 15) is 17.2 Å². The Hall–Kier alpha value is -2.29. The molecule has 0 aliphatic carbocycles. The zero-order valence-corrected chi connectivity index (χ0v) is 16.0. The fraction of sp³-hybridized carbons (Fsp3) is 0.167. The normalized spacial score (nSPS) is 13.1. The Bertz CT molecular complexity index is 1070. The number of sulfonamides is 1. The predicted octanol–water partition coefficient (Wildman–Crippen LogP) is 3.76. The van der Waals surface area contributed by atoms with Gasteiger partial charge in [0.1, 0.15) is 11.9 Å². The molecule has 0 radical (unpaired) electrons. The van der Waals surface area contributed by atoms with Gasteiger partial charge in [0.05, 0.1) is 4.90 Å². The topological polar surface area (TPSA) is 55.2 Å². The largest absolute Gasteiger partial charge is 0.336 e. The molecule has 0 aliphatic rings. The van der Waals surface area contributed by atoms with Crippen LogP contribution in [0.4, 0.5) is 8.78 Å². The fourth-order valence-corrected chi connectivity index (χ4v) is 4.19. The quantitative estimate of drug-likeness (QED) is 0.642. The second-order valence-corrected chi connectivity index (χ2v) is 8.38. The number of nitrogens with zero attached hydrogens (tertiary/aromatic N) is 3. The number of hydrogen-bond acceptors (Lipinski definition) is 3. The second kappa shape index (κ2) is 7.38. The van der Waals surface area contributed by atoms with Gasteiger partial charge in [0.25, 0.3) is 0 Å². The van der Waals surface area contributed by atoms with Gasteiger partial charge in [-0.2, -0.15) is 4.31 Å². The Morgan fingerprint density at radius 2 is 1.78 bits per heavy atom. The minimum Gasteiger partial charge on any atom is -0.336 e. The van der Waals surface area contributed by atoms with E-state index in [-0.39, 0.29) is 4.90 Å². The summed E-state index contributed by atoms with van der Waals surface area (Å²) in [5.74, 6) is -1.88. The molecule has 1 aromatic heterocycles. The van der Waals surface area contributed by atoms with Crippen molar-refractivity contribution < 1.29 is 17.2 Å². The number of aryl methyl sites for hydroxylation is 1. The zero-order chi connectivity index (χ0) is 19.8. The first-order valence-corrected chi connectivity index (χ1v) is 9.69. The lowest BCUT2D eigenvalue weighted by atomic mass is 10.1. The molecule has 0 amide bonds. The van der Waals surface area contributed by atoms with Crippen molar-refractivity contribution in [2.24, 2.45) is 7.05 Å². The Morgan fingerprint density at radius 1 is 1.11 bits per heavy atom. The van der Waals surface area contributed by atoms with Gasteiger partial charge in [0.15, 0.2) is 11.6 Å². The Labute approximate surface area is 160 Å². The summed E-state index contributed by atoms with van der Waals surface area (Å²) >= 11 is 5.94. The number of benzene rings is 2. The number of imidazole rings is 1. The first-order chi connectivity index (χ1) is 12.7. The monoisotopic (exact) mass is 411 g/mol. The molecule has 0 aliphatic heterocycles. The molecule has 3 rings (SSSR count). The summed E-state index contributed by atoms with van der Waals surface area (Å²) in [6.45, 7) is 0. The van der Waals surface area contributed by atoms with Crippen LogP contribution in [0, 0.1) is 11.6 Å². The van der Waals surface area contributed by atoms with Crippen molar-refractivity contribution in [1.29, 1.82) is 0 Å². The molecule has 142 valence electrons. The molecule has 0 bridgehead atoms. The summed E-state index contributed by atoms with van der Waals surface area (Å²) in [4.78, 5) is 3.91. The highest BCUT2D eigenvalue weighted by molar-refractivity contribution is 7.89. The van der Waals surface area contributed by atoms with Crippen molar-refractivity contribution in [3.63, 3.8) is 0 Å². The van der Waals surface area contributed by atoms with E-state index in [1.54, 1.807) is 48.3 Å². The average molecular weight is 412 g/mol. The number of halogens is 3. The van der Waals surface area contributed by atoms with Gasteiger partial charge >= 0.3 is 0 Å². The van der Waals surface area contributed by atoms with Gasteiger partial charge in [0, 0.05) is 31.5 Å². The minimum atomic E-state index is -4.14. The molecule has 2 aromatic carbocycles. The van der Waals surface area contributed by atoms with E-state index in [4.69, 9.17) is 11.6 Å². The molecule has 27 heavy (non-hydrogen) atoms. The van der Waals surface area contributed by atoms with Gasteiger partial charge < -0.3 is 4.57 Å². The third kappa shape index (κ3) is 3.73. The smallest absolute Gasteiger partial charge is 0.243 e. The van der Waals surface area contributed by atoms with Crippen LogP contribution in [0.1, 0.15) is 17.4 Å². The number of aromatic nitrogens is 2. The van der Waals surface area contributed by atoms with Gasteiger partial charge in [-0.15, -0.1) is 0 Å². The molecular formula is C18H16ClF2N3O2S. The molecule has 3 aromatic rings. The highest BCUT2D eigenvalue weighted by Gasteiger charge is 2.33. The summed E-state index contributed by atoms with van der Waals surface area (Å²) in [5.41, 5.74) is 0.627. The van der Waals surface area contributed by atoms with Gasteiger partial charge in [0.2, 0.25) is 10.0 Å². The summed E-state index contributed by atoms with van der Waals surface area (Å²) in [6, 6.07) is 8.36. The van der Waals surface area contributed by atoms with Crippen molar-refractivity contribution >= 4 is 21.6 Å². The Balaban J connectivity index is 2.12. The summed E-state index contributed by atoms with van der Waals surface area (Å²) < 4.78 is 55.7. The van der Waals surface area contributed by atoms with Crippen LogP contribution >= 0.6 is 11.6 Å². The molecule has 0 saturated heterocycles. The highest BCUT2D eigenvalue weighted by Crippen LogP contribution is 2.32. The van der Waals surface area contributed by atoms with Crippen LogP contribution in [0.2, 0.25) is 5.02 Å². The van der Waals surface area contributed by atoms with Crippen LogP contribution in [0.15, 0.2) is 59.8 Å². The summed E-state index contributed by atoms with van der Waals surface area (Å²) in [7, 11) is -1.03. The predicted molar refractivity (Wildman–Crippen MR) is 97.8 cm³/mol. The van der Waals surface area contributed by atoms with Gasteiger partial charge in [-0.1, -0.05) is 23.7 Å². The maximum Gasteiger partial charge on any atom is 0.243 e. The molecule has 1 unspecified atom stereocenters.